The maximum Gasteiger partial charge on any atom is 0.0669 e. The molecule has 0 radical (unpaired) electrons. The first kappa shape index (κ1) is 9.36. The van der Waals surface area contributed by atoms with E-state index in [4.69, 9.17) is 5.26 Å². The summed E-state index contributed by atoms with van der Waals surface area (Å²) in [6.45, 7) is 1.83. The van der Waals surface area contributed by atoms with Crippen molar-refractivity contribution >= 4 is 0 Å². The van der Waals surface area contributed by atoms with Gasteiger partial charge in [-0.05, 0) is 18.1 Å². The molecule has 0 aliphatic heterocycles. The van der Waals surface area contributed by atoms with Gasteiger partial charge in [-0.1, -0.05) is 30.2 Å². The molecular weight excluding hydrogens is 158 g/mol. The van der Waals surface area contributed by atoms with Gasteiger partial charge >= 0.3 is 0 Å². The molecule has 0 aromatic heterocycles. The predicted molar refractivity (Wildman–Crippen MR) is 52.9 cm³/mol. The van der Waals surface area contributed by atoms with Crippen molar-refractivity contribution in [1.82, 2.24) is 0 Å². The van der Waals surface area contributed by atoms with Crippen molar-refractivity contribution in [2.75, 3.05) is 0 Å². The normalized spacial score (nSPS) is 8.31. The van der Waals surface area contributed by atoms with Crippen LogP contribution in [0.25, 0.3) is 0 Å². The maximum atomic E-state index is 8.58. The van der Waals surface area contributed by atoms with Gasteiger partial charge in [-0.2, -0.15) is 5.26 Å². The summed E-state index contributed by atoms with van der Waals surface area (Å²) in [6.07, 6.45) is 1.22. The Morgan fingerprint density at radius 1 is 1.15 bits per heavy atom. The van der Waals surface area contributed by atoms with E-state index in [0.29, 0.717) is 6.42 Å². The Balaban J connectivity index is 2.89. The lowest BCUT2D eigenvalue weighted by atomic mass is 10.0. The molecule has 0 aliphatic carbocycles. The molecule has 0 fully saturated rings. The highest BCUT2D eigenvalue weighted by molar-refractivity contribution is 5.32. The Labute approximate surface area is 79.0 Å². The van der Waals surface area contributed by atoms with Crippen LogP contribution < -0.4 is 0 Å². The lowest BCUT2D eigenvalue weighted by Gasteiger charge is -2.01. The minimum Gasteiger partial charge on any atom is -0.198 e. The van der Waals surface area contributed by atoms with Gasteiger partial charge in [0.2, 0.25) is 0 Å². The molecule has 0 spiro atoms. The van der Waals surface area contributed by atoms with Gasteiger partial charge in [-0.15, -0.1) is 5.92 Å². The van der Waals surface area contributed by atoms with Gasteiger partial charge in [-0.25, -0.2) is 0 Å². The van der Waals surface area contributed by atoms with Gasteiger partial charge in [0.05, 0.1) is 12.5 Å². The van der Waals surface area contributed by atoms with Crippen LogP contribution in [-0.2, 0) is 12.8 Å². The Morgan fingerprint density at radius 3 is 2.31 bits per heavy atom. The molecule has 1 aromatic carbocycles. The van der Waals surface area contributed by atoms with E-state index in [0.717, 1.165) is 12.0 Å². The number of nitrogens with zero attached hydrogens (tertiary/aromatic N) is 1. The van der Waals surface area contributed by atoms with Gasteiger partial charge in [-0.3, -0.25) is 0 Å². The minimum atomic E-state index is 0.474. The molecule has 0 saturated carbocycles. The lowest BCUT2D eigenvalue weighted by Crippen LogP contribution is -1.90. The Bertz CT molecular complexity index is 374. The standard InChI is InChI=1S/C12H11N/c1-2-3-6-11-7-4-5-8-12(11)9-10-13/h4-5,7-8H,6,9H2,1H3. The lowest BCUT2D eigenvalue weighted by molar-refractivity contribution is 1.17. The number of benzene rings is 1. The summed E-state index contributed by atoms with van der Waals surface area (Å²) in [5.41, 5.74) is 2.26. The number of hydrogen-bond acceptors (Lipinski definition) is 1. The van der Waals surface area contributed by atoms with E-state index in [2.05, 4.69) is 17.9 Å². The third-order valence-corrected chi connectivity index (χ3v) is 1.84. The van der Waals surface area contributed by atoms with E-state index < -0.39 is 0 Å². The van der Waals surface area contributed by atoms with Crippen LogP contribution in [0.2, 0.25) is 0 Å². The third-order valence-electron chi connectivity index (χ3n) is 1.84. The number of hydrogen-bond donors (Lipinski definition) is 0. The quantitative estimate of drug-likeness (QED) is 0.623. The van der Waals surface area contributed by atoms with E-state index in [1.54, 1.807) is 0 Å². The summed E-state index contributed by atoms with van der Waals surface area (Å²) in [6, 6.07) is 10.1. The average Bonchev–Trinajstić information content (AvgIpc) is 2.17. The van der Waals surface area contributed by atoms with Gasteiger partial charge in [0.15, 0.2) is 0 Å². The first-order valence-corrected chi connectivity index (χ1v) is 4.22. The van der Waals surface area contributed by atoms with E-state index in [1.807, 2.05) is 31.2 Å². The summed E-state index contributed by atoms with van der Waals surface area (Å²) in [4.78, 5) is 0. The summed E-state index contributed by atoms with van der Waals surface area (Å²) in [5, 5.41) is 8.58. The fourth-order valence-electron chi connectivity index (χ4n) is 1.17. The average molecular weight is 169 g/mol. The number of nitriles is 1. The molecule has 1 nitrogen and oxygen atoms in total. The van der Waals surface area contributed by atoms with Gasteiger partial charge in [0.1, 0.15) is 0 Å². The monoisotopic (exact) mass is 169 g/mol. The fourth-order valence-corrected chi connectivity index (χ4v) is 1.17. The SMILES string of the molecule is CC#CCc1ccccc1CC#N. The van der Waals surface area contributed by atoms with Crippen LogP contribution in [0.5, 0.6) is 0 Å². The van der Waals surface area contributed by atoms with Crippen molar-refractivity contribution < 1.29 is 0 Å². The molecule has 0 N–H and O–H groups in total. The second-order valence-electron chi connectivity index (χ2n) is 2.71. The predicted octanol–water partition coefficient (Wildman–Crippen LogP) is 2.32. The molecular formula is C12H11N. The van der Waals surface area contributed by atoms with Crippen molar-refractivity contribution in [3.63, 3.8) is 0 Å². The highest BCUT2D eigenvalue weighted by atomic mass is 14.2. The first-order valence-electron chi connectivity index (χ1n) is 4.22. The molecule has 0 saturated heterocycles. The summed E-state index contributed by atoms with van der Waals surface area (Å²) in [7, 11) is 0. The van der Waals surface area contributed by atoms with Crippen LogP contribution in [-0.4, -0.2) is 0 Å². The van der Waals surface area contributed by atoms with Crippen LogP contribution in [0.3, 0.4) is 0 Å². The van der Waals surface area contributed by atoms with Crippen molar-refractivity contribution in [1.29, 1.82) is 5.26 Å². The van der Waals surface area contributed by atoms with Crippen LogP contribution in [0.15, 0.2) is 24.3 Å². The Morgan fingerprint density at radius 2 is 1.77 bits per heavy atom. The van der Waals surface area contributed by atoms with Crippen molar-refractivity contribution in [3.05, 3.63) is 35.4 Å². The molecule has 0 amide bonds. The molecule has 0 unspecified atom stereocenters. The molecule has 13 heavy (non-hydrogen) atoms. The molecule has 0 bridgehead atoms. The van der Waals surface area contributed by atoms with Crippen LogP contribution >= 0.6 is 0 Å². The van der Waals surface area contributed by atoms with E-state index in [-0.39, 0.29) is 0 Å². The van der Waals surface area contributed by atoms with Gasteiger partial charge in [0.25, 0.3) is 0 Å². The molecule has 0 heterocycles. The Hall–Kier alpha value is -1.73. The zero-order chi connectivity index (χ0) is 9.52. The first-order chi connectivity index (χ1) is 6.38. The highest BCUT2D eigenvalue weighted by Crippen LogP contribution is 2.09. The molecule has 0 aliphatic rings. The smallest absolute Gasteiger partial charge is 0.0669 e. The van der Waals surface area contributed by atoms with Crippen LogP contribution in [0.4, 0.5) is 0 Å². The summed E-state index contributed by atoms with van der Waals surface area (Å²) >= 11 is 0. The van der Waals surface area contributed by atoms with E-state index >= 15 is 0 Å². The van der Waals surface area contributed by atoms with Gasteiger partial charge < -0.3 is 0 Å². The summed E-state index contributed by atoms with van der Waals surface area (Å²) < 4.78 is 0. The van der Waals surface area contributed by atoms with Crippen molar-refractivity contribution in [2.45, 2.75) is 19.8 Å². The largest absolute Gasteiger partial charge is 0.198 e. The van der Waals surface area contributed by atoms with Crippen molar-refractivity contribution in [2.24, 2.45) is 0 Å². The zero-order valence-electron chi connectivity index (χ0n) is 7.67. The van der Waals surface area contributed by atoms with E-state index in [1.165, 1.54) is 5.56 Å². The third kappa shape index (κ3) is 2.65. The molecule has 64 valence electrons. The summed E-state index contributed by atoms with van der Waals surface area (Å²) in [5.74, 6) is 5.86. The second kappa shape index (κ2) is 5.01. The highest BCUT2D eigenvalue weighted by Gasteiger charge is 1.98. The minimum absolute atomic E-state index is 0.474. The second-order valence-corrected chi connectivity index (χ2v) is 2.71. The van der Waals surface area contributed by atoms with Crippen LogP contribution in [0, 0.1) is 23.2 Å². The van der Waals surface area contributed by atoms with Gasteiger partial charge in [0, 0.05) is 6.42 Å². The number of rotatable bonds is 2. The Kier molecular flexibility index (Phi) is 3.61. The molecule has 1 heteroatoms. The fraction of sp³-hybridized carbons (Fsp3) is 0.250. The molecule has 1 rings (SSSR count). The van der Waals surface area contributed by atoms with E-state index in [9.17, 15) is 0 Å². The zero-order valence-corrected chi connectivity index (χ0v) is 7.67. The maximum absolute atomic E-state index is 8.58. The van der Waals surface area contributed by atoms with Crippen molar-refractivity contribution in [3.8, 4) is 17.9 Å². The molecule has 0 atom stereocenters. The van der Waals surface area contributed by atoms with Crippen LogP contribution in [0.1, 0.15) is 18.1 Å². The topological polar surface area (TPSA) is 23.8 Å². The molecule has 1 aromatic rings.